The van der Waals surface area contributed by atoms with Crippen molar-refractivity contribution < 1.29 is 27.6 Å². The molecule has 0 unspecified atom stereocenters. The van der Waals surface area contributed by atoms with E-state index >= 15 is 0 Å². The van der Waals surface area contributed by atoms with Gasteiger partial charge in [0.2, 0.25) is 0 Å². The number of fused-ring (bicyclic) bond motifs is 1. The van der Waals surface area contributed by atoms with Gasteiger partial charge in [0.1, 0.15) is 23.2 Å². The van der Waals surface area contributed by atoms with Crippen LogP contribution in [0, 0.1) is 33.5 Å². The highest BCUT2D eigenvalue weighted by Crippen LogP contribution is 2.48. The third-order valence-corrected chi connectivity index (χ3v) is 6.43. The molecule has 1 aliphatic carbocycles. The van der Waals surface area contributed by atoms with Crippen molar-refractivity contribution in [2.45, 2.75) is 18.8 Å². The minimum Gasteiger partial charge on any atom is -0.410 e. The van der Waals surface area contributed by atoms with Crippen LogP contribution in [0.1, 0.15) is 24.3 Å². The number of rotatable bonds is 6. The van der Waals surface area contributed by atoms with Gasteiger partial charge in [-0.15, -0.1) is 0 Å². The molecule has 3 aromatic carbocycles. The van der Waals surface area contributed by atoms with Crippen molar-refractivity contribution in [1.29, 1.82) is 0 Å². The van der Waals surface area contributed by atoms with E-state index in [1.165, 1.54) is 42.5 Å². The summed E-state index contributed by atoms with van der Waals surface area (Å²) in [6.07, 6.45) is 0.643. The van der Waals surface area contributed by atoms with Crippen molar-refractivity contribution in [3.63, 3.8) is 0 Å². The van der Waals surface area contributed by atoms with Crippen molar-refractivity contribution in [1.82, 2.24) is 10.3 Å². The number of nitro groups is 1. The van der Waals surface area contributed by atoms with Gasteiger partial charge in [0.25, 0.3) is 5.69 Å². The fraction of sp³-hybridized carbons (Fsp3) is 0.192. The lowest BCUT2D eigenvalue weighted by Gasteiger charge is -2.36. The Morgan fingerprint density at radius 1 is 1.03 bits per heavy atom. The van der Waals surface area contributed by atoms with Crippen molar-refractivity contribution in [3.8, 4) is 17.0 Å². The number of aromatic nitrogens is 1. The third-order valence-electron chi connectivity index (χ3n) is 6.43. The second-order valence-electron chi connectivity index (χ2n) is 8.79. The number of nitrogens with one attached hydrogen (secondary N) is 2. The second kappa shape index (κ2) is 9.37. The number of carbonyl (C=O) groups is 1. The highest BCUT2D eigenvalue weighted by Gasteiger charge is 2.35. The van der Waals surface area contributed by atoms with Gasteiger partial charge in [0.15, 0.2) is 0 Å². The lowest BCUT2D eigenvalue weighted by atomic mass is 9.70. The number of halogens is 3. The average molecular weight is 495 g/mol. The van der Waals surface area contributed by atoms with E-state index in [-0.39, 0.29) is 28.8 Å². The number of aromatic amines is 1. The van der Waals surface area contributed by atoms with E-state index in [0.717, 1.165) is 11.6 Å². The first kappa shape index (κ1) is 23.4. The molecule has 1 aliphatic rings. The molecular weight excluding hydrogens is 475 g/mol. The van der Waals surface area contributed by atoms with Crippen LogP contribution in [0.3, 0.4) is 0 Å². The van der Waals surface area contributed by atoms with E-state index in [4.69, 9.17) is 4.74 Å². The highest BCUT2D eigenvalue weighted by atomic mass is 19.1. The number of amides is 1. The first-order valence-electron chi connectivity index (χ1n) is 11.2. The Morgan fingerprint density at radius 2 is 1.72 bits per heavy atom. The summed E-state index contributed by atoms with van der Waals surface area (Å²) in [4.78, 5) is 25.3. The molecule has 0 atom stereocenters. The van der Waals surface area contributed by atoms with Crippen LogP contribution in [0.15, 0.2) is 60.7 Å². The first-order valence-corrected chi connectivity index (χ1v) is 11.2. The minimum absolute atomic E-state index is 0.0162. The molecule has 1 aromatic heterocycles. The van der Waals surface area contributed by atoms with Crippen molar-refractivity contribution in [2.24, 2.45) is 5.92 Å². The second-order valence-corrected chi connectivity index (χ2v) is 8.79. The molecule has 5 rings (SSSR count). The summed E-state index contributed by atoms with van der Waals surface area (Å²) in [5.74, 6) is -1.51. The highest BCUT2D eigenvalue weighted by molar-refractivity contribution is 5.92. The van der Waals surface area contributed by atoms with Crippen LogP contribution >= 0.6 is 0 Å². The number of carbonyl (C=O) groups excluding carboxylic acids is 1. The van der Waals surface area contributed by atoms with Crippen LogP contribution in [0.5, 0.6) is 5.75 Å². The van der Waals surface area contributed by atoms with Gasteiger partial charge in [-0.2, -0.15) is 0 Å². The summed E-state index contributed by atoms with van der Waals surface area (Å²) < 4.78 is 47.2. The van der Waals surface area contributed by atoms with E-state index in [0.29, 0.717) is 36.0 Å². The Labute approximate surface area is 203 Å². The van der Waals surface area contributed by atoms with Crippen LogP contribution in [-0.2, 0) is 0 Å². The van der Waals surface area contributed by atoms with E-state index in [1.807, 2.05) is 0 Å². The van der Waals surface area contributed by atoms with Gasteiger partial charge in [0, 0.05) is 30.1 Å². The molecule has 1 amide bonds. The standard InChI is InChI=1S/C26H20F3N3O4/c27-17-3-1-15(2-4-17)24-23(21-11-18(28)12-22(29)25(21)31-24)16-9-14(10-16)13-30-26(33)36-20-7-5-19(6-8-20)32(34)35/h1-8,11-12,14,16,31H,9-10,13H2,(H,30,33). The molecule has 0 aliphatic heterocycles. The Morgan fingerprint density at radius 3 is 2.39 bits per heavy atom. The Bertz CT molecular complexity index is 1450. The fourth-order valence-electron chi connectivity index (χ4n) is 4.65. The maximum absolute atomic E-state index is 14.5. The Hall–Kier alpha value is -4.34. The van der Waals surface area contributed by atoms with Crippen LogP contribution in [-0.4, -0.2) is 22.5 Å². The minimum atomic E-state index is -0.703. The number of nitrogens with zero attached hydrogens (tertiary/aromatic N) is 1. The van der Waals surface area contributed by atoms with E-state index in [9.17, 15) is 28.1 Å². The van der Waals surface area contributed by atoms with Gasteiger partial charge >= 0.3 is 6.09 Å². The number of hydrogen-bond donors (Lipinski definition) is 2. The number of hydrogen-bond acceptors (Lipinski definition) is 4. The van der Waals surface area contributed by atoms with Gasteiger partial charge in [-0.1, -0.05) is 0 Å². The molecule has 0 bridgehead atoms. The molecule has 1 heterocycles. The van der Waals surface area contributed by atoms with Crippen LogP contribution in [0.25, 0.3) is 22.2 Å². The zero-order chi connectivity index (χ0) is 25.4. The number of H-pyrrole nitrogens is 1. The number of ether oxygens (including phenoxy) is 1. The molecule has 4 aromatic rings. The summed E-state index contributed by atoms with van der Waals surface area (Å²) >= 11 is 0. The normalized spacial score (nSPS) is 17.0. The summed E-state index contributed by atoms with van der Waals surface area (Å²) in [6, 6.07) is 13.1. The fourth-order valence-corrected chi connectivity index (χ4v) is 4.65. The SMILES string of the molecule is O=C(NCC1CC(c2c(-c3ccc(F)cc3)[nH]c3c(F)cc(F)cc23)C1)Oc1ccc([N+](=O)[O-])cc1. The number of nitro benzene ring substituents is 1. The van der Waals surface area contributed by atoms with Gasteiger partial charge in [0.05, 0.1) is 16.1 Å². The van der Waals surface area contributed by atoms with Gasteiger partial charge in [-0.25, -0.2) is 18.0 Å². The van der Waals surface area contributed by atoms with Crippen LogP contribution < -0.4 is 10.1 Å². The molecule has 0 saturated heterocycles. The summed E-state index contributed by atoms with van der Waals surface area (Å²) in [5.41, 5.74) is 2.12. The molecule has 10 heteroatoms. The third kappa shape index (κ3) is 4.61. The topological polar surface area (TPSA) is 97.3 Å². The summed E-state index contributed by atoms with van der Waals surface area (Å²) in [7, 11) is 0. The molecular formula is C26H20F3N3O4. The maximum atomic E-state index is 14.5. The zero-order valence-electron chi connectivity index (χ0n) is 18.8. The van der Waals surface area contributed by atoms with Crippen molar-refractivity contribution in [2.75, 3.05) is 6.54 Å². The lowest BCUT2D eigenvalue weighted by molar-refractivity contribution is -0.384. The first-order chi connectivity index (χ1) is 17.3. The quantitative estimate of drug-likeness (QED) is 0.238. The van der Waals surface area contributed by atoms with E-state index < -0.39 is 28.5 Å². The number of non-ortho nitro benzene ring substituents is 1. The predicted molar refractivity (Wildman–Crippen MR) is 126 cm³/mol. The van der Waals surface area contributed by atoms with Crippen LogP contribution in [0.2, 0.25) is 0 Å². The van der Waals surface area contributed by atoms with E-state index in [2.05, 4.69) is 10.3 Å². The smallest absolute Gasteiger partial charge is 0.410 e. The maximum Gasteiger partial charge on any atom is 0.412 e. The largest absolute Gasteiger partial charge is 0.412 e. The van der Waals surface area contributed by atoms with Crippen molar-refractivity contribution >= 4 is 22.7 Å². The van der Waals surface area contributed by atoms with Gasteiger partial charge in [-0.05, 0) is 78.3 Å². The molecule has 1 saturated carbocycles. The molecule has 2 N–H and O–H groups in total. The average Bonchev–Trinajstić information content (AvgIpc) is 3.18. The van der Waals surface area contributed by atoms with E-state index in [1.54, 1.807) is 12.1 Å². The Balaban J connectivity index is 1.27. The van der Waals surface area contributed by atoms with Gasteiger partial charge in [-0.3, -0.25) is 10.1 Å². The molecule has 36 heavy (non-hydrogen) atoms. The summed E-state index contributed by atoms with van der Waals surface area (Å²) in [5, 5.41) is 13.8. The van der Waals surface area contributed by atoms with Crippen LogP contribution in [0.4, 0.5) is 23.7 Å². The molecule has 0 spiro atoms. The molecule has 7 nitrogen and oxygen atoms in total. The zero-order valence-corrected chi connectivity index (χ0v) is 18.8. The number of benzene rings is 3. The predicted octanol–water partition coefficient (Wildman–Crippen LogP) is 6.44. The van der Waals surface area contributed by atoms with Gasteiger partial charge < -0.3 is 15.0 Å². The molecule has 184 valence electrons. The lowest BCUT2D eigenvalue weighted by Crippen LogP contribution is -2.36. The molecule has 1 fully saturated rings. The molecule has 0 radical (unpaired) electrons. The Kier molecular flexibility index (Phi) is 6.09. The van der Waals surface area contributed by atoms with Crippen molar-refractivity contribution in [3.05, 3.63) is 93.8 Å². The summed E-state index contributed by atoms with van der Waals surface area (Å²) in [6.45, 7) is 0.333. The monoisotopic (exact) mass is 495 g/mol.